The number of hydrogen-bond donors (Lipinski definition) is 1. The first-order valence-corrected chi connectivity index (χ1v) is 6.84. The number of rotatable bonds is 3. The Labute approximate surface area is 99.3 Å². The van der Waals surface area contributed by atoms with Crippen molar-refractivity contribution in [2.45, 2.75) is 32.1 Å². The van der Waals surface area contributed by atoms with Crippen molar-refractivity contribution in [1.29, 1.82) is 0 Å². The van der Waals surface area contributed by atoms with Crippen molar-refractivity contribution in [2.24, 2.45) is 17.3 Å². The summed E-state index contributed by atoms with van der Waals surface area (Å²) in [6.07, 6.45) is 5.19. The van der Waals surface area contributed by atoms with Crippen molar-refractivity contribution < 1.29 is 9.90 Å². The molecule has 0 aromatic carbocycles. The van der Waals surface area contributed by atoms with Gasteiger partial charge in [0.25, 0.3) is 0 Å². The zero-order valence-electron chi connectivity index (χ0n) is 9.19. The van der Waals surface area contributed by atoms with Gasteiger partial charge in [-0.15, -0.1) is 11.3 Å². The molecule has 16 heavy (non-hydrogen) atoms. The monoisotopic (exact) mass is 236 g/mol. The largest absolute Gasteiger partial charge is 0.481 e. The number of carboxylic acids is 1. The molecule has 0 radical (unpaired) electrons. The lowest BCUT2D eigenvalue weighted by atomic mass is 9.70. The fourth-order valence-electron chi connectivity index (χ4n) is 3.72. The summed E-state index contributed by atoms with van der Waals surface area (Å²) in [7, 11) is 0. The normalized spacial score (nSPS) is 36.8. The molecule has 2 aliphatic rings. The van der Waals surface area contributed by atoms with Crippen LogP contribution in [0.5, 0.6) is 0 Å². The first-order chi connectivity index (χ1) is 7.71. The van der Waals surface area contributed by atoms with Crippen LogP contribution in [0.4, 0.5) is 0 Å². The summed E-state index contributed by atoms with van der Waals surface area (Å²) in [6.45, 7) is 0. The van der Waals surface area contributed by atoms with Gasteiger partial charge in [-0.1, -0.05) is 12.5 Å². The van der Waals surface area contributed by atoms with Gasteiger partial charge in [0.2, 0.25) is 0 Å². The average molecular weight is 236 g/mol. The molecule has 0 spiro atoms. The summed E-state index contributed by atoms with van der Waals surface area (Å²) in [5.41, 5.74) is -0.437. The summed E-state index contributed by atoms with van der Waals surface area (Å²) in [5, 5.41) is 11.6. The number of carbonyl (C=O) groups is 1. The van der Waals surface area contributed by atoms with Gasteiger partial charge in [0.15, 0.2) is 0 Å². The smallest absolute Gasteiger partial charge is 0.310 e. The molecule has 1 heterocycles. The van der Waals surface area contributed by atoms with Gasteiger partial charge in [-0.25, -0.2) is 0 Å². The number of hydrogen-bond acceptors (Lipinski definition) is 2. The van der Waals surface area contributed by atoms with Crippen LogP contribution in [0.2, 0.25) is 0 Å². The molecular formula is C13H16O2S. The van der Waals surface area contributed by atoms with E-state index in [2.05, 4.69) is 6.07 Å². The third-order valence-electron chi connectivity index (χ3n) is 4.47. The van der Waals surface area contributed by atoms with E-state index in [4.69, 9.17) is 0 Å². The van der Waals surface area contributed by atoms with Gasteiger partial charge in [-0.05, 0) is 49.0 Å². The van der Waals surface area contributed by atoms with E-state index in [1.807, 2.05) is 11.4 Å². The molecule has 1 aromatic heterocycles. The van der Waals surface area contributed by atoms with Crippen LogP contribution in [0.15, 0.2) is 17.5 Å². The number of aliphatic carboxylic acids is 1. The summed E-state index contributed by atoms with van der Waals surface area (Å²) in [5.74, 6) is 0.547. The summed E-state index contributed by atoms with van der Waals surface area (Å²) >= 11 is 1.69. The van der Waals surface area contributed by atoms with Gasteiger partial charge in [-0.2, -0.15) is 0 Å². The van der Waals surface area contributed by atoms with E-state index in [0.717, 1.165) is 25.7 Å². The van der Waals surface area contributed by atoms with Crippen molar-refractivity contribution >= 4 is 17.3 Å². The maximum atomic E-state index is 11.6. The van der Waals surface area contributed by atoms with Crippen LogP contribution < -0.4 is 0 Å². The number of thiophene rings is 1. The fraction of sp³-hybridized carbons (Fsp3) is 0.615. The van der Waals surface area contributed by atoms with Crippen LogP contribution in [-0.2, 0) is 11.2 Å². The molecule has 2 nitrogen and oxygen atoms in total. The average Bonchev–Trinajstić information content (AvgIpc) is 2.92. The third-order valence-corrected chi connectivity index (χ3v) is 5.35. The Morgan fingerprint density at radius 3 is 2.94 bits per heavy atom. The highest BCUT2D eigenvalue weighted by Gasteiger charge is 2.55. The van der Waals surface area contributed by atoms with Gasteiger partial charge in [0, 0.05) is 4.88 Å². The van der Waals surface area contributed by atoms with Crippen molar-refractivity contribution in [3.8, 4) is 0 Å². The first-order valence-electron chi connectivity index (χ1n) is 5.96. The van der Waals surface area contributed by atoms with Crippen LogP contribution in [0, 0.1) is 17.3 Å². The number of carboxylic acid groups (broad SMARTS) is 1. The van der Waals surface area contributed by atoms with Gasteiger partial charge in [0.05, 0.1) is 5.41 Å². The van der Waals surface area contributed by atoms with Crippen molar-refractivity contribution in [3.05, 3.63) is 22.4 Å². The van der Waals surface area contributed by atoms with Crippen molar-refractivity contribution in [2.75, 3.05) is 0 Å². The Morgan fingerprint density at radius 2 is 2.44 bits per heavy atom. The van der Waals surface area contributed by atoms with Crippen LogP contribution in [-0.4, -0.2) is 11.1 Å². The SMILES string of the molecule is O=C(O)[C@@]1(Cc2cccs2)C[C@H]2CC[C@H]1C2. The maximum absolute atomic E-state index is 11.6. The molecular weight excluding hydrogens is 220 g/mol. The quantitative estimate of drug-likeness (QED) is 0.875. The van der Waals surface area contributed by atoms with Crippen LogP contribution in [0.25, 0.3) is 0 Å². The molecule has 2 aliphatic carbocycles. The van der Waals surface area contributed by atoms with E-state index in [1.54, 1.807) is 11.3 Å². The highest BCUT2D eigenvalue weighted by Crippen LogP contribution is 2.57. The van der Waals surface area contributed by atoms with E-state index in [1.165, 1.54) is 11.3 Å². The molecule has 3 atom stereocenters. The van der Waals surface area contributed by atoms with Gasteiger partial charge < -0.3 is 5.11 Å². The molecule has 0 saturated heterocycles. The topological polar surface area (TPSA) is 37.3 Å². The Bertz CT molecular complexity index is 398. The minimum absolute atomic E-state index is 0.428. The van der Waals surface area contributed by atoms with E-state index >= 15 is 0 Å². The van der Waals surface area contributed by atoms with E-state index in [0.29, 0.717) is 11.8 Å². The molecule has 0 unspecified atom stereocenters. The Balaban J connectivity index is 1.89. The highest BCUT2D eigenvalue weighted by molar-refractivity contribution is 7.09. The second kappa shape index (κ2) is 3.59. The molecule has 1 aromatic rings. The molecule has 2 bridgehead atoms. The molecule has 86 valence electrons. The molecule has 1 N–H and O–H groups in total. The fourth-order valence-corrected chi connectivity index (χ4v) is 4.55. The Morgan fingerprint density at radius 1 is 1.56 bits per heavy atom. The van der Waals surface area contributed by atoms with E-state index in [9.17, 15) is 9.90 Å². The van der Waals surface area contributed by atoms with Crippen LogP contribution >= 0.6 is 11.3 Å². The predicted octanol–water partition coefficient (Wildman–Crippen LogP) is 3.18. The summed E-state index contributed by atoms with van der Waals surface area (Å²) in [6, 6.07) is 4.09. The third kappa shape index (κ3) is 1.41. The summed E-state index contributed by atoms with van der Waals surface area (Å²) in [4.78, 5) is 12.9. The highest BCUT2D eigenvalue weighted by atomic mass is 32.1. The molecule has 3 heteroatoms. The van der Waals surface area contributed by atoms with Crippen LogP contribution in [0.3, 0.4) is 0 Å². The van der Waals surface area contributed by atoms with E-state index < -0.39 is 11.4 Å². The minimum Gasteiger partial charge on any atom is -0.481 e. The van der Waals surface area contributed by atoms with Gasteiger partial charge in [0.1, 0.15) is 0 Å². The molecule has 2 fully saturated rings. The van der Waals surface area contributed by atoms with Crippen molar-refractivity contribution in [3.63, 3.8) is 0 Å². The second-order valence-electron chi connectivity index (χ2n) is 5.30. The van der Waals surface area contributed by atoms with Gasteiger partial charge in [-0.3, -0.25) is 4.79 Å². The molecule has 0 aliphatic heterocycles. The molecule has 3 rings (SSSR count). The lowest BCUT2D eigenvalue weighted by molar-refractivity contribution is -0.152. The Hall–Kier alpha value is -0.830. The second-order valence-corrected chi connectivity index (χ2v) is 6.33. The van der Waals surface area contributed by atoms with E-state index in [-0.39, 0.29) is 0 Å². The molecule has 0 amide bonds. The number of fused-ring (bicyclic) bond motifs is 2. The first kappa shape index (κ1) is 10.3. The maximum Gasteiger partial charge on any atom is 0.310 e. The zero-order valence-corrected chi connectivity index (χ0v) is 10.0. The summed E-state index contributed by atoms with van der Waals surface area (Å²) < 4.78 is 0. The lowest BCUT2D eigenvalue weighted by Crippen LogP contribution is -2.38. The minimum atomic E-state index is -0.562. The van der Waals surface area contributed by atoms with Crippen molar-refractivity contribution in [1.82, 2.24) is 0 Å². The Kier molecular flexibility index (Phi) is 2.32. The lowest BCUT2D eigenvalue weighted by Gasteiger charge is -2.33. The van der Waals surface area contributed by atoms with Gasteiger partial charge >= 0.3 is 5.97 Å². The van der Waals surface area contributed by atoms with Crippen LogP contribution in [0.1, 0.15) is 30.6 Å². The zero-order chi connectivity index (χ0) is 11.2. The molecule has 2 saturated carbocycles. The predicted molar refractivity (Wildman–Crippen MR) is 63.5 cm³/mol. The standard InChI is InChI=1S/C13H16O2S/c14-12(15)13(8-11-2-1-5-16-11)7-9-3-4-10(13)6-9/h1-2,5,9-10H,3-4,6-8H2,(H,14,15)/t9-,10-,13+/m0/s1.